The molecule has 3 aromatic heterocycles. The molecule has 4 rings (SSSR count). The fraction of sp³-hybridized carbons (Fsp3) is 0.167. The lowest BCUT2D eigenvalue weighted by molar-refractivity contribution is 0.390. The van der Waals surface area contributed by atoms with E-state index in [0.29, 0.717) is 17.2 Å². The van der Waals surface area contributed by atoms with E-state index in [1.165, 1.54) is 0 Å². The second kappa shape index (κ2) is 6.20. The summed E-state index contributed by atoms with van der Waals surface area (Å²) >= 11 is 0. The highest BCUT2D eigenvalue weighted by molar-refractivity contribution is 7.92. The third kappa shape index (κ3) is 2.95. The zero-order valence-electron chi connectivity index (χ0n) is 15.0. The van der Waals surface area contributed by atoms with Crippen molar-refractivity contribution in [1.82, 2.24) is 19.5 Å². The van der Waals surface area contributed by atoms with Gasteiger partial charge in [-0.15, -0.1) is 0 Å². The SMILES string of the molecule is Cc1noc(C)c1S(=O)(=O)Nc1cccc(-c2nc3ncccn3c2C)c1. The fourth-order valence-corrected chi connectivity index (χ4v) is 4.45. The molecule has 8 nitrogen and oxygen atoms in total. The third-order valence-corrected chi connectivity index (χ3v) is 5.89. The van der Waals surface area contributed by atoms with Crippen molar-refractivity contribution in [3.05, 3.63) is 59.9 Å². The summed E-state index contributed by atoms with van der Waals surface area (Å²) in [4.78, 5) is 8.85. The quantitative estimate of drug-likeness (QED) is 0.581. The minimum absolute atomic E-state index is 0.0565. The minimum atomic E-state index is -3.81. The number of nitrogens with one attached hydrogen (secondary N) is 1. The maximum atomic E-state index is 12.7. The predicted molar refractivity (Wildman–Crippen MR) is 99.9 cm³/mol. The first kappa shape index (κ1) is 17.2. The van der Waals surface area contributed by atoms with Gasteiger partial charge in [-0.05, 0) is 39.0 Å². The van der Waals surface area contributed by atoms with Crippen LogP contribution in [0.15, 0.2) is 52.1 Å². The Morgan fingerprint density at radius 2 is 1.96 bits per heavy atom. The summed E-state index contributed by atoms with van der Waals surface area (Å²) in [5.41, 5.74) is 3.20. The highest BCUT2D eigenvalue weighted by atomic mass is 32.2. The topological polar surface area (TPSA) is 102 Å². The summed E-state index contributed by atoms with van der Waals surface area (Å²) in [6.45, 7) is 5.10. The molecule has 0 bridgehead atoms. The van der Waals surface area contributed by atoms with Gasteiger partial charge in [-0.3, -0.25) is 9.12 Å². The lowest BCUT2D eigenvalue weighted by Gasteiger charge is -2.09. The van der Waals surface area contributed by atoms with Gasteiger partial charge in [0.05, 0.1) is 5.69 Å². The molecular formula is C18H17N5O3S. The lowest BCUT2D eigenvalue weighted by Crippen LogP contribution is -2.14. The molecule has 0 saturated heterocycles. The molecule has 1 aromatic carbocycles. The van der Waals surface area contributed by atoms with Gasteiger partial charge in [0.2, 0.25) is 5.78 Å². The molecule has 0 aliphatic carbocycles. The van der Waals surface area contributed by atoms with Crippen molar-refractivity contribution in [1.29, 1.82) is 0 Å². The molecule has 0 saturated carbocycles. The Bertz CT molecular complexity index is 1240. The second-order valence-electron chi connectivity index (χ2n) is 6.18. The van der Waals surface area contributed by atoms with E-state index < -0.39 is 10.0 Å². The number of nitrogens with zero attached hydrogens (tertiary/aromatic N) is 4. The number of imidazole rings is 1. The standard InChI is InChI=1S/C18H17N5O3S/c1-11-17(13(3)26-21-11)27(24,25)22-15-7-4-6-14(10-15)16-12(2)23-9-5-8-19-18(23)20-16/h4-10,22H,1-3H3. The number of hydrogen-bond acceptors (Lipinski definition) is 6. The average Bonchev–Trinajstić information content (AvgIpc) is 3.15. The van der Waals surface area contributed by atoms with Gasteiger partial charge in [0.25, 0.3) is 10.0 Å². The van der Waals surface area contributed by atoms with Crippen molar-refractivity contribution >= 4 is 21.5 Å². The van der Waals surface area contributed by atoms with E-state index >= 15 is 0 Å². The monoisotopic (exact) mass is 383 g/mol. The van der Waals surface area contributed by atoms with Crippen LogP contribution >= 0.6 is 0 Å². The maximum Gasteiger partial charge on any atom is 0.267 e. The van der Waals surface area contributed by atoms with Crippen LogP contribution in [0.25, 0.3) is 17.0 Å². The molecule has 0 unspecified atom stereocenters. The predicted octanol–water partition coefficient (Wildman–Crippen LogP) is 3.11. The van der Waals surface area contributed by atoms with Gasteiger partial charge < -0.3 is 4.52 Å². The van der Waals surface area contributed by atoms with Crippen LogP contribution in [0.4, 0.5) is 5.69 Å². The van der Waals surface area contributed by atoms with Gasteiger partial charge in [0.15, 0.2) is 10.7 Å². The summed E-state index contributed by atoms with van der Waals surface area (Å²) in [5, 5.41) is 3.71. The van der Waals surface area contributed by atoms with Gasteiger partial charge in [0, 0.05) is 29.3 Å². The molecule has 0 radical (unpaired) electrons. The molecule has 0 amide bonds. The van der Waals surface area contributed by atoms with Crippen LogP contribution in [0.2, 0.25) is 0 Å². The first-order valence-corrected chi connectivity index (χ1v) is 9.71. The normalized spacial score (nSPS) is 11.8. The molecule has 0 fully saturated rings. The lowest BCUT2D eigenvalue weighted by atomic mass is 10.1. The molecule has 0 atom stereocenters. The zero-order valence-corrected chi connectivity index (χ0v) is 15.8. The van der Waals surface area contributed by atoms with Crippen molar-refractivity contribution in [2.24, 2.45) is 0 Å². The molecule has 3 heterocycles. The van der Waals surface area contributed by atoms with E-state index in [-0.39, 0.29) is 10.7 Å². The number of aryl methyl sites for hydroxylation is 3. The number of aromatic nitrogens is 4. The van der Waals surface area contributed by atoms with Crippen LogP contribution in [0, 0.1) is 20.8 Å². The largest absolute Gasteiger partial charge is 0.360 e. The Morgan fingerprint density at radius 1 is 1.15 bits per heavy atom. The number of sulfonamides is 1. The highest BCUT2D eigenvalue weighted by Crippen LogP contribution is 2.27. The Kier molecular flexibility index (Phi) is 3.96. The Balaban J connectivity index is 1.74. The van der Waals surface area contributed by atoms with Crippen molar-refractivity contribution in [3.8, 4) is 11.3 Å². The number of hydrogen-bond donors (Lipinski definition) is 1. The van der Waals surface area contributed by atoms with Gasteiger partial charge in [0.1, 0.15) is 5.69 Å². The Morgan fingerprint density at radius 3 is 2.67 bits per heavy atom. The number of rotatable bonds is 4. The summed E-state index contributed by atoms with van der Waals surface area (Å²) < 4.78 is 34.9. The molecule has 0 spiro atoms. The second-order valence-corrected chi connectivity index (χ2v) is 7.79. The van der Waals surface area contributed by atoms with E-state index in [0.717, 1.165) is 17.0 Å². The van der Waals surface area contributed by atoms with Crippen molar-refractivity contribution in [3.63, 3.8) is 0 Å². The van der Waals surface area contributed by atoms with Crippen LogP contribution in [0.5, 0.6) is 0 Å². The Labute approximate surface area is 155 Å². The first-order chi connectivity index (χ1) is 12.9. The maximum absolute atomic E-state index is 12.7. The zero-order chi connectivity index (χ0) is 19.2. The molecule has 27 heavy (non-hydrogen) atoms. The number of fused-ring (bicyclic) bond motifs is 1. The van der Waals surface area contributed by atoms with E-state index in [9.17, 15) is 8.42 Å². The van der Waals surface area contributed by atoms with Crippen molar-refractivity contribution in [2.75, 3.05) is 4.72 Å². The van der Waals surface area contributed by atoms with Crippen molar-refractivity contribution in [2.45, 2.75) is 25.7 Å². The molecule has 1 N–H and O–H groups in total. The van der Waals surface area contributed by atoms with Gasteiger partial charge >= 0.3 is 0 Å². The van der Waals surface area contributed by atoms with Crippen molar-refractivity contribution < 1.29 is 12.9 Å². The van der Waals surface area contributed by atoms with Gasteiger partial charge in [-0.25, -0.2) is 18.4 Å². The molecule has 4 aromatic rings. The summed E-state index contributed by atoms with van der Waals surface area (Å²) in [6.07, 6.45) is 3.57. The molecule has 9 heteroatoms. The fourth-order valence-electron chi connectivity index (χ4n) is 3.07. The van der Waals surface area contributed by atoms with Crippen LogP contribution in [0.3, 0.4) is 0 Å². The van der Waals surface area contributed by atoms with E-state index in [1.807, 2.05) is 29.7 Å². The third-order valence-electron chi connectivity index (χ3n) is 4.27. The van der Waals surface area contributed by atoms with Crippen LogP contribution in [-0.2, 0) is 10.0 Å². The van der Waals surface area contributed by atoms with Gasteiger partial charge in [-0.1, -0.05) is 17.3 Å². The molecular weight excluding hydrogens is 366 g/mol. The van der Waals surface area contributed by atoms with E-state index in [2.05, 4.69) is 19.8 Å². The van der Waals surface area contributed by atoms with Crippen LogP contribution in [0.1, 0.15) is 17.1 Å². The number of benzene rings is 1. The summed E-state index contributed by atoms with van der Waals surface area (Å²) in [7, 11) is -3.81. The highest BCUT2D eigenvalue weighted by Gasteiger charge is 2.24. The van der Waals surface area contributed by atoms with Gasteiger partial charge in [-0.2, -0.15) is 0 Å². The molecule has 0 aliphatic heterocycles. The summed E-state index contributed by atoms with van der Waals surface area (Å²) in [6, 6.07) is 8.91. The molecule has 0 aliphatic rings. The van der Waals surface area contributed by atoms with Crippen LogP contribution in [-0.4, -0.2) is 27.9 Å². The number of anilines is 1. The minimum Gasteiger partial charge on any atom is -0.360 e. The molecule has 138 valence electrons. The summed E-state index contributed by atoms with van der Waals surface area (Å²) in [5.74, 6) is 0.838. The van der Waals surface area contributed by atoms with Crippen LogP contribution < -0.4 is 4.72 Å². The Hall–Kier alpha value is -3.20. The van der Waals surface area contributed by atoms with E-state index in [1.54, 1.807) is 38.2 Å². The smallest absolute Gasteiger partial charge is 0.267 e. The first-order valence-electron chi connectivity index (χ1n) is 8.22. The average molecular weight is 383 g/mol. The van der Waals surface area contributed by atoms with E-state index in [4.69, 9.17) is 4.52 Å².